The van der Waals surface area contributed by atoms with Crippen LogP contribution in [0.3, 0.4) is 0 Å². The Bertz CT molecular complexity index is 402. The number of hydrogen-bond donors (Lipinski definition) is 2. The van der Waals surface area contributed by atoms with Crippen molar-refractivity contribution in [2.24, 2.45) is 5.73 Å². The zero-order valence-electron chi connectivity index (χ0n) is 10.5. The zero-order valence-corrected chi connectivity index (χ0v) is 11.2. The summed E-state index contributed by atoms with van der Waals surface area (Å²) in [5.74, 6) is -0.139. The highest BCUT2D eigenvalue weighted by Crippen LogP contribution is 2.24. The number of benzene rings is 1. The molecule has 0 heterocycles. The van der Waals surface area contributed by atoms with Crippen molar-refractivity contribution >= 4 is 17.5 Å². The monoisotopic (exact) mass is 254 g/mol. The Kier molecular flexibility index (Phi) is 4.54. The van der Waals surface area contributed by atoms with Crippen molar-refractivity contribution in [2.45, 2.75) is 32.2 Å². The Morgan fingerprint density at radius 1 is 1.53 bits per heavy atom. The van der Waals surface area contributed by atoms with Gasteiger partial charge >= 0.3 is 0 Å². The third kappa shape index (κ3) is 4.02. The molecule has 0 saturated heterocycles. The lowest BCUT2D eigenvalue weighted by Gasteiger charge is -2.26. The largest absolute Gasteiger partial charge is 0.354 e. The number of nitrogens with two attached hydrogens (primary N) is 1. The van der Waals surface area contributed by atoms with Crippen LogP contribution in [0.2, 0.25) is 5.02 Å². The van der Waals surface area contributed by atoms with Gasteiger partial charge in [-0.15, -0.1) is 0 Å². The molecule has 0 aromatic heterocycles. The molecule has 3 N–H and O–H groups in total. The van der Waals surface area contributed by atoms with Crippen LogP contribution in [0.4, 0.5) is 0 Å². The number of halogens is 1. The highest BCUT2D eigenvalue weighted by Gasteiger charge is 2.22. The van der Waals surface area contributed by atoms with E-state index in [4.69, 9.17) is 17.3 Å². The minimum atomic E-state index is -0.481. The molecule has 1 amide bonds. The van der Waals surface area contributed by atoms with Crippen molar-refractivity contribution in [3.8, 4) is 0 Å². The molecule has 0 fully saturated rings. The van der Waals surface area contributed by atoms with Crippen LogP contribution in [-0.2, 0) is 10.2 Å². The van der Waals surface area contributed by atoms with E-state index in [9.17, 15) is 4.79 Å². The van der Waals surface area contributed by atoms with Crippen LogP contribution < -0.4 is 11.1 Å². The van der Waals surface area contributed by atoms with Gasteiger partial charge in [0.1, 0.15) is 0 Å². The summed E-state index contributed by atoms with van der Waals surface area (Å²) in [7, 11) is 0. The zero-order chi connectivity index (χ0) is 13.1. The summed E-state index contributed by atoms with van der Waals surface area (Å²) in [5, 5.41) is 3.54. The van der Waals surface area contributed by atoms with Crippen LogP contribution in [0.15, 0.2) is 24.3 Å². The summed E-state index contributed by atoms with van der Waals surface area (Å²) in [4.78, 5) is 11.4. The molecule has 17 heavy (non-hydrogen) atoms. The third-order valence-corrected chi connectivity index (χ3v) is 2.96. The summed E-state index contributed by atoms with van der Waals surface area (Å²) in [6.07, 6.45) is 0. The maximum Gasteiger partial charge on any atom is 0.236 e. The second-order valence-corrected chi connectivity index (χ2v) is 5.34. The van der Waals surface area contributed by atoms with E-state index in [1.54, 1.807) is 6.92 Å². The van der Waals surface area contributed by atoms with Gasteiger partial charge in [0.2, 0.25) is 5.91 Å². The van der Waals surface area contributed by atoms with E-state index in [1.807, 2.05) is 24.3 Å². The van der Waals surface area contributed by atoms with Crippen molar-refractivity contribution in [3.05, 3.63) is 34.9 Å². The van der Waals surface area contributed by atoms with Crippen LogP contribution in [0.1, 0.15) is 26.3 Å². The standard InChI is InChI=1S/C13H19ClN2O/c1-9(15)12(17)16-8-13(2,3)10-5-4-6-11(14)7-10/h4-7,9H,8,15H2,1-3H3,(H,16,17). The van der Waals surface area contributed by atoms with Gasteiger partial charge in [0, 0.05) is 17.0 Å². The van der Waals surface area contributed by atoms with Gasteiger partial charge < -0.3 is 11.1 Å². The molecule has 0 bridgehead atoms. The van der Waals surface area contributed by atoms with E-state index >= 15 is 0 Å². The maximum absolute atomic E-state index is 11.4. The average molecular weight is 255 g/mol. The molecule has 0 aliphatic rings. The average Bonchev–Trinajstić information content (AvgIpc) is 2.26. The normalized spacial score (nSPS) is 13.2. The van der Waals surface area contributed by atoms with E-state index in [0.29, 0.717) is 11.6 Å². The fraction of sp³-hybridized carbons (Fsp3) is 0.462. The van der Waals surface area contributed by atoms with Crippen molar-refractivity contribution in [2.75, 3.05) is 6.54 Å². The van der Waals surface area contributed by atoms with E-state index < -0.39 is 6.04 Å². The molecule has 0 spiro atoms. The van der Waals surface area contributed by atoms with E-state index in [1.165, 1.54) is 0 Å². The number of rotatable bonds is 4. The highest BCUT2D eigenvalue weighted by molar-refractivity contribution is 6.30. The van der Waals surface area contributed by atoms with Crippen molar-refractivity contribution in [3.63, 3.8) is 0 Å². The highest BCUT2D eigenvalue weighted by atomic mass is 35.5. The van der Waals surface area contributed by atoms with Crippen LogP contribution in [0.25, 0.3) is 0 Å². The van der Waals surface area contributed by atoms with E-state index in [2.05, 4.69) is 19.2 Å². The summed E-state index contributed by atoms with van der Waals surface area (Å²) in [6, 6.07) is 7.18. The lowest BCUT2D eigenvalue weighted by molar-refractivity contribution is -0.122. The maximum atomic E-state index is 11.4. The van der Waals surface area contributed by atoms with E-state index in [0.717, 1.165) is 5.56 Å². The first-order valence-electron chi connectivity index (χ1n) is 5.62. The molecule has 0 radical (unpaired) electrons. The quantitative estimate of drug-likeness (QED) is 0.865. The molecular formula is C13H19ClN2O. The number of carbonyl (C=O) groups is 1. The Hall–Kier alpha value is -1.06. The molecule has 4 heteroatoms. The molecule has 0 aliphatic carbocycles. The van der Waals surface area contributed by atoms with Crippen LogP contribution in [0.5, 0.6) is 0 Å². The molecule has 3 nitrogen and oxygen atoms in total. The Morgan fingerprint density at radius 2 is 2.18 bits per heavy atom. The number of nitrogens with one attached hydrogen (secondary N) is 1. The summed E-state index contributed by atoms with van der Waals surface area (Å²) < 4.78 is 0. The lowest BCUT2D eigenvalue weighted by Crippen LogP contribution is -2.43. The summed E-state index contributed by atoms with van der Waals surface area (Å²) in [5.41, 5.74) is 6.42. The van der Waals surface area contributed by atoms with Crippen LogP contribution in [-0.4, -0.2) is 18.5 Å². The summed E-state index contributed by atoms with van der Waals surface area (Å²) in [6.45, 7) is 6.32. The molecule has 0 saturated carbocycles. The predicted molar refractivity (Wildman–Crippen MR) is 71.1 cm³/mol. The van der Waals surface area contributed by atoms with Gasteiger partial charge in [-0.3, -0.25) is 4.79 Å². The van der Waals surface area contributed by atoms with Gasteiger partial charge in [-0.25, -0.2) is 0 Å². The number of hydrogen-bond acceptors (Lipinski definition) is 2. The summed E-state index contributed by atoms with van der Waals surface area (Å²) >= 11 is 5.96. The van der Waals surface area contributed by atoms with Crippen molar-refractivity contribution < 1.29 is 4.79 Å². The molecule has 1 aromatic carbocycles. The Morgan fingerprint density at radius 3 is 2.71 bits per heavy atom. The second kappa shape index (κ2) is 5.52. The molecule has 0 aliphatic heterocycles. The van der Waals surface area contributed by atoms with Crippen molar-refractivity contribution in [1.29, 1.82) is 0 Å². The van der Waals surface area contributed by atoms with Gasteiger partial charge in [-0.05, 0) is 24.6 Å². The van der Waals surface area contributed by atoms with Crippen LogP contribution in [0, 0.1) is 0 Å². The van der Waals surface area contributed by atoms with Crippen LogP contribution >= 0.6 is 11.6 Å². The van der Waals surface area contributed by atoms with Gasteiger partial charge in [-0.1, -0.05) is 37.6 Å². The molecule has 1 aromatic rings. The van der Waals surface area contributed by atoms with Gasteiger partial charge in [0.15, 0.2) is 0 Å². The smallest absolute Gasteiger partial charge is 0.236 e. The molecule has 1 unspecified atom stereocenters. The first kappa shape index (κ1) is 14.0. The van der Waals surface area contributed by atoms with Gasteiger partial charge in [0.05, 0.1) is 6.04 Å². The predicted octanol–water partition coefficient (Wildman–Crippen LogP) is 2.08. The minimum absolute atomic E-state index is 0.139. The first-order chi connectivity index (χ1) is 7.83. The van der Waals surface area contributed by atoms with E-state index in [-0.39, 0.29) is 11.3 Å². The Labute approximate surface area is 107 Å². The Balaban J connectivity index is 2.72. The molecule has 94 valence electrons. The molecule has 1 atom stereocenters. The third-order valence-electron chi connectivity index (χ3n) is 2.72. The van der Waals surface area contributed by atoms with Gasteiger partial charge in [0.25, 0.3) is 0 Å². The SMILES string of the molecule is CC(N)C(=O)NCC(C)(C)c1cccc(Cl)c1. The minimum Gasteiger partial charge on any atom is -0.354 e. The second-order valence-electron chi connectivity index (χ2n) is 4.90. The van der Waals surface area contributed by atoms with Crippen molar-refractivity contribution in [1.82, 2.24) is 5.32 Å². The fourth-order valence-corrected chi connectivity index (χ4v) is 1.67. The topological polar surface area (TPSA) is 55.1 Å². The fourth-order valence-electron chi connectivity index (χ4n) is 1.48. The first-order valence-corrected chi connectivity index (χ1v) is 6.00. The number of carbonyl (C=O) groups excluding carboxylic acids is 1. The molecular weight excluding hydrogens is 236 g/mol. The molecule has 1 rings (SSSR count). The van der Waals surface area contributed by atoms with Gasteiger partial charge in [-0.2, -0.15) is 0 Å². The lowest BCUT2D eigenvalue weighted by atomic mass is 9.84. The number of amides is 1.